The van der Waals surface area contributed by atoms with Crippen LogP contribution in [0.1, 0.15) is 25.6 Å². The van der Waals surface area contributed by atoms with Gasteiger partial charge in [-0.25, -0.2) is 13.1 Å². The van der Waals surface area contributed by atoms with Gasteiger partial charge in [-0.1, -0.05) is 11.2 Å². The molecule has 0 amide bonds. The summed E-state index contributed by atoms with van der Waals surface area (Å²) in [6, 6.07) is 6.86. The molecule has 7 nitrogen and oxygen atoms in total. The second kappa shape index (κ2) is 6.38. The van der Waals surface area contributed by atoms with Crippen LogP contribution in [0.5, 0.6) is 0 Å². The van der Waals surface area contributed by atoms with Crippen LogP contribution in [0.25, 0.3) is 11.5 Å². The molecule has 1 aromatic heterocycles. The van der Waals surface area contributed by atoms with Crippen molar-refractivity contribution < 1.29 is 12.9 Å². The monoisotopic (exact) mass is 336 g/mol. The molecular weight excluding hydrogens is 316 g/mol. The first-order valence-corrected chi connectivity index (χ1v) is 9.09. The van der Waals surface area contributed by atoms with Crippen LogP contribution in [0.3, 0.4) is 0 Å². The highest BCUT2D eigenvalue weighted by Gasteiger charge is 2.28. The molecule has 1 aliphatic carbocycles. The van der Waals surface area contributed by atoms with Gasteiger partial charge in [-0.15, -0.1) is 0 Å². The summed E-state index contributed by atoms with van der Waals surface area (Å²) in [5.74, 6) is 0.915. The van der Waals surface area contributed by atoms with E-state index >= 15 is 0 Å². The molecule has 1 unspecified atom stereocenters. The third kappa shape index (κ3) is 3.95. The molecule has 1 heterocycles. The van der Waals surface area contributed by atoms with Gasteiger partial charge >= 0.3 is 0 Å². The van der Waals surface area contributed by atoms with Gasteiger partial charge in [0.05, 0.1) is 4.90 Å². The number of aromatic nitrogens is 2. The van der Waals surface area contributed by atoms with Crippen molar-refractivity contribution in [2.45, 2.75) is 43.2 Å². The molecule has 1 fully saturated rings. The fraction of sp³-hybridized carbons (Fsp3) is 0.467. The van der Waals surface area contributed by atoms with Crippen molar-refractivity contribution in [3.8, 4) is 11.5 Å². The zero-order valence-electron chi connectivity index (χ0n) is 13.1. The van der Waals surface area contributed by atoms with Gasteiger partial charge in [-0.2, -0.15) is 4.98 Å². The fourth-order valence-electron chi connectivity index (χ4n) is 2.11. The number of benzene rings is 1. The first kappa shape index (κ1) is 16.1. The lowest BCUT2D eigenvalue weighted by atomic mass is 10.2. The highest BCUT2D eigenvalue weighted by Crippen LogP contribution is 2.25. The Balaban J connectivity index is 1.82. The first-order chi connectivity index (χ1) is 11.0. The maximum atomic E-state index is 12.3. The van der Waals surface area contributed by atoms with Gasteiger partial charge in [0.2, 0.25) is 10.0 Å². The zero-order chi connectivity index (χ0) is 16.4. The molecule has 1 aromatic carbocycles. The van der Waals surface area contributed by atoms with E-state index in [0.29, 0.717) is 23.7 Å². The predicted molar refractivity (Wildman–Crippen MR) is 85.3 cm³/mol. The average Bonchev–Trinajstić information content (AvgIpc) is 3.21. The van der Waals surface area contributed by atoms with Crippen molar-refractivity contribution >= 4 is 10.0 Å². The number of likely N-dealkylation sites (N-methyl/N-ethyl adjacent to an activating group) is 1. The summed E-state index contributed by atoms with van der Waals surface area (Å²) in [5, 5.41) is 7.05. The van der Waals surface area contributed by atoms with Crippen molar-refractivity contribution in [2.24, 2.45) is 0 Å². The van der Waals surface area contributed by atoms with E-state index in [4.69, 9.17) is 4.52 Å². The summed E-state index contributed by atoms with van der Waals surface area (Å²) in [7, 11) is -1.63. The Labute approximate surface area is 135 Å². The third-order valence-electron chi connectivity index (χ3n) is 3.74. The van der Waals surface area contributed by atoms with Crippen LogP contribution in [0.4, 0.5) is 0 Å². The van der Waals surface area contributed by atoms with E-state index in [1.54, 1.807) is 24.3 Å². The number of hydrogen-bond acceptors (Lipinski definition) is 6. The summed E-state index contributed by atoms with van der Waals surface area (Å²) in [6.07, 6.45) is 2.44. The SMILES string of the molecule is CNC(C)Cc1noc(-c2cccc(S(=O)(=O)NC3CC3)c2)n1. The van der Waals surface area contributed by atoms with Crippen LogP contribution in [-0.2, 0) is 16.4 Å². The highest BCUT2D eigenvalue weighted by atomic mass is 32.2. The number of hydrogen-bond donors (Lipinski definition) is 2. The van der Waals surface area contributed by atoms with Crippen molar-refractivity contribution in [3.05, 3.63) is 30.1 Å². The van der Waals surface area contributed by atoms with Crippen LogP contribution in [0.2, 0.25) is 0 Å². The number of nitrogens with one attached hydrogen (secondary N) is 2. The predicted octanol–water partition coefficient (Wildman–Crippen LogP) is 1.33. The van der Waals surface area contributed by atoms with Gasteiger partial charge in [0.1, 0.15) is 0 Å². The molecule has 8 heteroatoms. The molecular formula is C15H20N4O3S. The third-order valence-corrected chi connectivity index (χ3v) is 5.26. The quantitative estimate of drug-likeness (QED) is 0.792. The minimum absolute atomic E-state index is 0.0710. The Morgan fingerprint density at radius 1 is 1.39 bits per heavy atom. The number of nitrogens with zero attached hydrogens (tertiary/aromatic N) is 2. The highest BCUT2D eigenvalue weighted by molar-refractivity contribution is 7.89. The standard InChI is InChI=1S/C15H20N4O3S/c1-10(16-2)8-14-17-15(22-18-14)11-4-3-5-13(9-11)23(20,21)19-12-6-7-12/h3-5,9-10,12,16,19H,6-8H2,1-2H3. The van der Waals surface area contributed by atoms with Gasteiger partial charge in [0.25, 0.3) is 5.89 Å². The summed E-state index contributed by atoms with van der Waals surface area (Å²) in [4.78, 5) is 4.55. The Bertz CT molecular complexity index is 784. The maximum absolute atomic E-state index is 12.3. The molecule has 23 heavy (non-hydrogen) atoms. The van der Waals surface area contributed by atoms with Gasteiger partial charge in [-0.3, -0.25) is 0 Å². The van der Waals surface area contributed by atoms with Gasteiger partial charge in [0.15, 0.2) is 5.82 Å². The average molecular weight is 336 g/mol. The lowest BCUT2D eigenvalue weighted by Crippen LogP contribution is -2.25. The van der Waals surface area contributed by atoms with Crippen LogP contribution in [0, 0.1) is 0 Å². The van der Waals surface area contributed by atoms with E-state index in [0.717, 1.165) is 12.8 Å². The Morgan fingerprint density at radius 3 is 2.87 bits per heavy atom. The van der Waals surface area contributed by atoms with E-state index in [1.165, 1.54) is 0 Å². The molecule has 0 aliphatic heterocycles. The normalized spacial score (nSPS) is 16.4. The minimum atomic E-state index is -3.49. The van der Waals surface area contributed by atoms with E-state index in [-0.39, 0.29) is 17.0 Å². The zero-order valence-corrected chi connectivity index (χ0v) is 13.9. The van der Waals surface area contributed by atoms with Crippen LogP contribution in [0.15, 0.2) is 33.7 Å². The molecule has 2 N–H and O–H groups in total. The van der Waals surface area contributed by atoms with Crippen LogP contribution < -0.4 is 10.0 Å². The fourth-order valence-corrected chi connectivity index (χ4v) is 3.47. The van der Waals surface area contributed by atoms with Gasteiger partial charge < -0.3 is 9.84 Å². The summed E-state index contributed by atoms with van der Waals surface area (Å²) in [5.41, 5.74) is 0.597. The summed E-state index contributed by atoms with van der Waals surface area (Å²) in [6.45, 7) is 2.02. The van der Waals surface area contributed by atoms with E-state index in [9.17, 15) is 8.42 Å². The molecule has 1 saturated carbocycles. The molecule has 1 atom stereocenters. The molecule has 0 saturated heterocycles. The molecule has 2 aromatic rings. The largest absolute Gasteiger partial charge is 0.334 e. The Kier molecular flexibility index (Phi) is 4.47. The van der Waals surface area contributed by atoms with Gasteiger partial charge in [-0.05, 0) is 45.0 Å². The van der Waals surface area contributed by atoms with Crippen LogP contribution in [-0.4, -0.2) is 37.7 Å². The maximum Gasteiger partial charge on any atom is 0.257 e. The second-order valence-electron chi connectivity index (χ2n) is 5.83. The minimum Gasteiger partial charge on any atom is -0.334 e. The van der Waals surface area contributed by atoms with E-state index in [1.807, 2.05) is 14.0 Å². The molecule has 0 radical (unpaired) electrons. The lowest BCUT2D eigenvalue weighted by molar-refractivity contribution is 0.418. The Morgan fingerprint density at radius 2 is 2.17 bits per heavy atom. The second-order valence-corrected chi connectivity index (χ2v) is 7.55. The summed E-state index contributed by atoms with van der Waals surface area (Å²) >= 11 is 0. The first-order valence-electron chi connectivity index (χ1n) is 7.60. The van der Waals surface area contributed by atoms with Crippen molar-refractivity contribution in [2.75, 3.05) is 7.05 Å². The number of rotatable bonds is 7. The van der Waals surface area contributed by atoms with E-state index < -0.39 is 10.0 Å². The lowest BCUT2D eigenvalue weighted by Gasteiger charge is -2.06. The van der Waals surface area contributed by atoms with Crippen molar-refractivity contribution in [1.82, 2.24) is 20.2 Å². The Hall–Kier alpha value is -1.77. The molecule has 3 rings (SSSR count). The molecule has 1 aliphatic rings. The topological polar surface area (TPSA) is 97.1 Å². The van der Waals surface area contributed by atoms with Gasteiger partial charge in [0, 0.05) is 24.1 Å². The number of sulfonamides is 1. The van der Waals surface area contributed by atoms with Crippen molar-refractivity contribution in [1.29, 1.82) is 0 Å². The smallest absolute Gasteiger partial charge is 0.257 e. The van der Waals surface area contributed by atoms with E-state index in [2.05, 4.69) is 20.2 Å². The van der Waals surface area contributed by atoms with Crippen LogP contribution >= 0.6 is 0 Å². The summed E-state index contributed by atoms with van der Waals surface area (Å²) < 4.78 is 32.5. The van der Waals surface area contributed by atoms with Crippen molar-refractivity contribution in [3.63, 3.8) is 0 Å². The molecule has 0 bridgehead atoms. The molecule has 0 spiro atoms. The molecule has 124 valence electrons.